The van der Waals surface area contributed by atoms with Gasteiger partial charge in [0.25, 0.3) is 0 Å². The van der Waals surface area contributed by atoms with Crippen LogP contribution in [0, 0.1) is 0 Å². The molecule has 1 fully saturated rings. The van der Waals surface area contributed by atoms with Crippen LogP contribution < -0.4 is 10.6 Å². The summed E-state index contributed by atoms with van der Waals surface area (Å²) in [6, 6.07) is 8.60. The highest BCUT2D eigenvalue weighted by Crippen LogP contribution is 2.29. The minimum Gasteiger partial charge on any atom is -0.397 e. The first-order valence-electron chi connectivity index (χ1n) is 6.52. The molecule has 2 N–H and O–H groups in total. The molecular formula is C14H22N2O. The fraction of sp³-hybridized carbons (Fsp3) is 0.571. The first-order valence-corrected chi connectivity index (χ1v) is 6.52. The standard InChI is InChI=1S/C14H22N2O/c1-2-17-11-12-7-5-6-10-16(12)14-9-4-3-8-13(14)15/h3-4,8-9,12H,2,5-7,10-11,15H2,1H3/t12-/m1/s1. The molecule has 2 rings (SSSR count). The molecule has 1 aliphatic rings. The van der Waals surface area contributed by atoms with Crippen molar-refractivity contribution in [2.24, 2.45) is 0 Å². The molecule has 1 heterocycles. The number of ether oxygens (including phenoxy) is 1. The summed E-state index contributed by atoms with van der Waals surface area (Å²) < 4.78 is 5.58. The van der Waals surface area contributed by atoms with Crippen LogP contribution in [0.3, 0.4) is 0 Å². The van der Waals surface area contributed by atoms with E-state index in [1.807, 2.05) is 19.1 Å². The van der Waals surface area contributed by atoms with Gasteiger partial charge in [-0.2, -0.15) is 0 Å². The Kier molecular flexibility index (Phi) is 4.26. The van der Waals surface area contributed by atoms with E-state index in [9.17, 15) is 0 Å². The van der Waals surface area contributed by atoms with Crippen molar-refractivity contribution < 1.29 is 4.74 Å². The van der Waals surface area contributed by atoms with E-state index in [2.05, 4.69) is 17.0 Å². The fourth-order valence-corrected chi connectivity index (χ4v) is 2.49. The summed E-state index contributed by atoms with van der Waals surface area (Å²) in [7, 11) is 0. The van der Waals surface area contributed by atoms with Crippen LogP contribution in [0.15, 0.2) is 24.3 Å². The van der Waals surface area contributed by atoms with Gasteiger partial charge >= 0.3 is 0 Å². The second-order valence-electron chi connectivity index (χ2n) is 4.56. The molecule has 0 bridgehead atoms. The summed E-state index contributed by atoms with van der Waals surface area (Å²) in [6.07, 6.45) is 3.74. The van der Waals surface area contributed by atoms with Crippen molar-refractivity contribution in [3.05, 3.63) is 24.3 Å². The lowest BCUT2D eigenvalue weighted by Gasteiger charge is -2.38. The van der Waals surface area contributed by atoms with Crippen molar-refractivity contribution in [3.8, 4) is 0 Å². The van der Waals surface area contributed by atoms with Crippen molar-refractivity contribution >= 4 is 11.4 Å². The Labute approximate surface area is 104 Å². The maximum absolute atomic E-state index is 6.06. The van der Waals surface area contributed by atoms with Gasteiger partial charge in [-0.05, 0) is 38.3 Å². The minimum atomic E-state index is 0.480. The Hall–Kier alpha value is -1.22. The molecule has 0 radical (unpaired) electrons. The Morgan fingerprint density at radius 3 is 2.94 bits per heavy atom. The lowest BCUT2D eigenvalue weighted by atomic mass is 10.0. The third kappa shape index (κ3) is 2.91. The van der Waals surface area contributed by atoms with Crippen LogP contribution in [0.4, 0.5) is 11.4 Å². The van der Waals surface area contributed by atoms with Gasteiger partial charge in [0.1, 0.15) is 0 Å². The molecule has 1 aliphatic heterocycles. The molecule has 0 aromatic heterocycles. The summed E-state index contributed by atoms with van der Waals surface area (Å²) in [6.45, 7) is 4.73. The zero-order valence-electron chi connectivity index (χ0n) is 10.6. The molecule has 17 heavy (non-hydrogen) atoms. The van der Waals surface area contributed by atoms with Crippen LogP contribution in [0.2, 0.25) is 0 Å². The van der Waals surface area contributed by atoms with Crippen LogP contribution >= 0.6 is 0 Å². The molecule has 3 nitrogen and oxygen atoms in total. The zero-order valence-corrected chi connectivity index (χ0v) is 10.6. The molecule has 0 aliphatic carbocycles. The molecule has 3 heteroatoms. The van der Waals surface area contributed by atoms with Gasteiger partial charge in [-0.25, -0.2) is 0 Å². The van der Waals surface area contributed by atoms with Gasteiger partial charge in [0.05, 0.1) is 24.0 Å². The molecule has 0 unspecified atom stereocenters. The number of nitrogens with zero attached hydrogens (tertiary/aromatic N) is 1. The van der Waals surface area contributed by atoms with E-state index in [1.54, 1.807) is 0 Å². The molecule has 0 amide bonds. The lowest BCUT2D eigenvalue weighted by molar-refractivity contribution is 0.123. The maximum Gasteiger partial charge on any atom is 0.0669 e. The maximum atomic E-state index is 6.06. The molecule has 1 atom stereocenters. The van der Waals surface area contributed by atoms with Gasteiger partial charge in [0, 0.05) is 13.2 Å². The van der Waals surface area contributed by atoms with Crippen molar-refractivity contribution in [2.45, 2.75) is 32.2 Å². The second kappa shape index (κ2) is 5.92. The average molecular weight is 234 g/mol. The number of anilines is 2. The van der Waals surface area contributed by atoms with E-state index in [-0.39, 0.29) is 0 Å². The number of nitrogens with two attached hydrogens (primary N) is 1. The molecule has 1 aromatic rings. The Bertz CT molecular complexity index is 354. The zero-order chi connectivity index (χ0) is 12.1. The molecule has 1 aromatic carbocycles. The normalized spacial score (nSPS) is 20.5. The predicted octanol–water partition coefficient (Wildman–Crippen LogP) is 2.66. The van der Waals surface area contributed by atoms with Gasteiger partial charge in [-0.15, -0.1) is 0 Å². The average Bonchev–Trinajstić information content (AvgIpc) is 2.37. The number of hydrogen-bond donors (Lipinski definition) is 1. The summed E-state index contributed by atoms with van der Waals surface area (Å²) in [5, 5.41) is 0. The van der Waals surface area contributed by atoms with Crippen LogP contribution in [-0.2, 0) is 4.74 Å². The number of piperidine rings is 1. The molecule has 0 spiro atoms. The van der Waals surface area contributed by atoms with Gasteiger partial charge in [0.15, 0.2) is 0 Å². The highest BCUT2D eigenvalue weighted by Gasteiger charge is 2.23. The molecule has 0 saturated carbocycles. The monoisotopic (exact) mass is 234 g/mol. The van der Waals surface area contributed by atoms with Crippen LogP contribution in [-0.4, -0.2) is 25.8 Å². The van der Waals surface area contributed by atoms with Gasteiger partial charge < -0.3 is 15.4 Å². The van der Waals surface area contributed by atoms with E-state index in [1.165, 1.54) is 19.3 Å². The quantitative estimate of drug-likeness (QED) is 0.814. The van der Waals surface area contributed by atoms with Crippen LogP contribution in [0.25, 0.3) is 0 Å². The largest absolute Gasteiger partial charge is 0.397 e. The summed E-state index contributed by atoms with van der Waals surface area (Å²) >= 11 is 0. The third-order valence-corrected chi connectivity index (χ3v) is 3.39. The van der Waals surface area contributed by atoms with Crippen molar-refractivity contribution in [1.29, 1.82) is 0 Å². The van der Waals surface area contributed by atoms with Crippen molar-refractivity contribution in [1.82, 2.24) is 0 Å². The highest BCUT2D eigenvalue weighted by atomic mass is 16.5. The number of para-hydroxylation sites is 2. The van der Waals surface area contributed by atoms with E-state index < -0.39 is 0 Å². The smallest absolute Gasteiger partial charge is 0.0669 e. The molecule has 1 saturated heterocycles. The van der Waals surface area contributed by atoms with Gasteiger partial charge in [-0.3, -0.25) is 0 Å². The number of rotatable bonds is 4. The number of hydrogen-bond acceptors (Lipinski definition) is 3. The first-order chi connectivity index (χ1) is 8.33. The molecule has 94 valence electrons. The fourth-order valence-electron chi connectivity index (χ4n) is 2.49. The summed E-state index contributed by atoms with van der Waals surface area (Å²) in [4.78, 5) is 2.41. The lowest BCUT2D eigenvalue weighted by Crippen LogP contribution is -2.42. The van der Waals surface area contributed by atoms with Gasteiger partial charge in [-0.1, -0.05) is 12.1 Å². The first kappa shape index (κ1) is 12.2. The van der Waals surface area contributed by atoms with Crippen LogP contribution in [0.1, 0.15) is 26.2 Å². The van der Waals surface area contributed by atoms with E-state index in [0.717, 1.165) is 31.1 Å². The third-order valence-electron chi connectivity index (χ3n) is 3.39. The van der Waals surface area contributed by atoms with E-state index in [4.69, 9.17) is 10.5 Å². The Morgan fingerprint density at radius 2 is 2.18 bits per heavy atom. The molecular weight excluding hydrogens is 212 g/mol. The Morgan fingerprint density at radius 1 is 1.35 bits per heavy atom. The van der Waals surface area contributed by atoms with Crippen molar-refractivity contribution in [3.63, 3.8) is 0 Å². The van der Waals surface area contributed by atoms with E-state index in [0.29, 0.717) is 6.04 Å². The summed E-state index contributed by atoms with van der Waals surface area (Å²) in [5.41, 5.74) is 8.09. The number of nitrogen functional groups attached to an aromatic ring is 1. The van der Waals surface area contributed by atoms with Crippen molar-refractivity contribution in [2.75, 3.05) is 30.4 Å². The SMILES string of the molecule is CCOC[C@H]1CCCCN1c1ccccc1N. The minimum absolute atomic E-state index is 0.480. The second-order valence-corrected chi connectivity index (χ2v) is 4.56. The van der Waals surface area contributed by atoms with Gasteiger partial charge in [0.2, 0.25) is 0 Å². The van der Waals surface area contributed by atoms with Crippen LogP contribution in [0.5, 0.6) is 0 Å². The van der Waals surface area contributed by atoms with E-state index >= 15 is 0 Å². The predicted molar refractivity (Wildman–Crippen MR) is 72.3 cm³/mol. The Balaban J connectivity index is 2.13. The summed E-state index contributed by atoms with van der Waals surface area (Å²) in [5.74, 6) is 0. The topological polar surface area (TPSA) is 38.5 Å². The number of benzene rings is 1. The highest BCUT2D eigenvalue weighted by molar-refractivity contribution is 5.67.